The smallest absolute Gasteiger partial charge is 0.190 e. The summed E-state index contributed by atoms with van der Waals surface area (Å²) in [5, 5.41) is 5.51. The highest BCUT2D eigenvalue weighted by Gasteiger charge is 2.41. The number of aryl methyl sites for hydroxylation is 3. The summed E-state index contributed by atoms with van der Waals surface area (Å²) in [6, 6.07) is 17.1. The van der Waals surface area contributed by atoms with Crippen LogP contribution in [0.3, 0.4) is 0 Å². The molecular formula is C32H32N4O. The lowest BCUT2D eigenvalue weighted by Crippen LogP contribution is -2.19. The molecule has 6 rings (SSSR count). The van der Waals surface area contributed by atoms with Gasteiger partial charge in [0, 0.05) is 44.7 Å². The summed E-state index contributed by atoms with van der Waals surface area (Å²) < 4.78 is 0. The standard InChI is InChI=1S/C32H32N4O/c1-17-13-18(2)29(19(3)14-17)30-25-10-8-21(34-25)15-27-31(37)32(5,6)28(36-27)16-22-7-9-23(33-22)20(4)24-11-12-26(30)35-24/h7-16,33-36H,1-6H3. The van der Waals surface area contributed by atoms with E-state index in [-0.39, 0.29) is 5.78 Å². The van der Waals surface area contributed by atoms with Gasteiger partial charge in [-0.15, -0.1) is 0 Å². The number of hydrogen-bond donors (Lipinski definition) is 4. The molecule has 8 bridgehead atoms. The Kier molecular flexibility index (Phi) is 5.09. The van der Waals surface area contributed by atoms with Crippen LogP contribution in [-0.4, -0.2) is 20.7 Å². The molecule has 0 atom stereocenters. The minimum Gasteiger partial charge on any atom is -0.355 e. The molecule has 1 aromatic carbocycles. The molecule has 0 radical (unpaired) electrons. The Morgan fingerprint density at radius 2 is 1.32 bits per heavy atom. The van der Waals surface area contributed by atoms with Gasteiger partial charge in [-0.3, -0.25) is 4.79 Å². The molecule has 0 saturated carbocycles. The van der Waals surface area contributed by atoms with Crippen molar-refractivity contribution in [3.63, 3.8) is 0 Å². The molecule has 1 saturated heterocycles. The van der Waals surface area contributed by atoms with Gasteiger partial charge in [-0.1, -0.05) is 17.7 Å². The molecule has 0 amide bonds. The third-order valence-electron chi connectivity index (χ3n) is 7.73. The molecule has 0 unspecified atom stereocenters. The summed E-state index contributed by atoms with van der Waals surface area (Å²) in [6.45, 7) is 12.5. The number of benzene rings is 1. The Hall–Kier alpha value is -4.25. The zero-order valence-corrected chi connectivity index (χ0v) is 22.2. The van der Waals surface area contributed by atoms with Crippen LogP contribution in [0.2, 0.25) is 0 Å². The highest BCUT2D eigenvalue weighted by atomic mass is 16.1. The van der Waals surface area contributed by atoms with E-state index >= 15 is 0 Å². The van der Waals surface area contributed by atoms with Gasteiger partial charge in [0.15, 0.2) is 5.78 Å². The van der Waals surface area contributed by atoms with Crippen molar-refractivity contribution in [2.24, 2.45) is 5.41 Å². The Morgan fingerprint density at radius 1 is 0.703 bits per heavy atom. The molecule has 4 N–H and O–H groups in total. The summed E-state index contributed by atoms with van der Waals surface area (Å²) in [6.07, 6.45) is 3.96. The molecule has 37 heavy (non-hydrogen) atoms. The van der Waals surface area contributed by atoms with Crippen molar-refractivity contribution < 1.29 is 4.79 Å². The molecule has 186 valence electrons. The lowest BCUT2D eigenvalue weighted by molar-refractivity contribution is -0.120. The molecule has 5 heterocycles. The van der Waals surface area contributed by atoms with Crippen LogP contribution >= 0.6 is 0 Å². The first-order valence-corrected chi connectivity index (χ1v) is 12.7. The summed E-state index contributed by atoms with van der Waals surface area (Å²) in [5.74, 6) is 0.0803. The van der Waals surface area contributed by atoms with Crippen LogP contribution in [-0.2, 0) is 4.79 Å². The van der Waals surface area contributed by atoms with E-state index in [1.165, 1.54) is 22.3 Å². The van der Waals surface area contributed by atoms with Crippen molar-refractivity contribution in [2.75, 3.05) is 0 Å². The Labute approximate surface area is 216 Å². The van der Waals surface area contributed by atoms with Crippen LogP contribution in [0.25, 0.3) is 23.3 Å². The summed E-state index contributed by atoms with van der Waals surface area (Å²) in [5.41, 5.74) is 11.9. The predicted molar refractivity (Wildman–Crippen MR) is 150 cm³/mol. The summed E-state index contributed by atoms with van der Waals surface area (Å²) >= 11 is 0. The Morgan fingerprint density at radius 3 is 2.05 bits per heavy atom. The molecule has 1 fully saturated rings. The van der Waals surface area contributed by atoms with E-state index in [0.717, 1.165) is 50.3 Å². The van der Waals surface area contributed by atoms with Gasteiger partial charge in [0.2, 0.25) is 0 Å². The Bertz CT molecular complexity index is 1760. The molecular weight excluding hydrogens is 456 g/mol. The molecule has 5 heteroatoms. The number of nitrogens with one attached hydrogen (secondary N) is 4. The first kappa shape index (κ1) is 23.2. The second kappa shape index (κ2) is 8.13. The second-order valence-corrected chi connectivity index (χ2v) is 10.9. The number of Topliss-reactive ketones (excluding diaryl/α,β-unsaturated/α-hetero) is 1. The van der Waals surface area contributed by atoms with E-state index in [9.17, 15) is 4.79 Å². The van der Waals surface area contributed by atoms with Crippen molar-refractivity contribution in [3.8, 4) is 0 Å². The van der Waals surface area contributed by atoms with Crippen molar-refractivity contribution in [1.29, 1.82) is 0 Å². The van der Waals surface area contributed by atoms with Crippen LogP contribution in [0.5, 0.6) is 0 Å². The summed E-state index contributed by atoms with van der Waals surface area (Å²) in [7, 11) is 0. The van der Waals surface area contributed by atoms with Crippen molar-refractivity contribution in [3.05, 3.63) is 116 Å². The van der Waals surface area contributed by atoms with E-state index in [1.807, 2.05) is 32.1 Å². The second-order valence-electron chi connectivity index (χ2n) is 10.9. The van der Waals surface area contributed by atoms with E-state index in [0.29, 0.717) is 5.70 Å². The maximum atomic E-state index is 13.4. The van der Waals surface area contributed by atoms with Crippen LogP contribution < -0.4 is 16.0 Å². The monoisotopic (exact) mass is 488 g/mol. The largest absolute Gasteiger partial charge is 0.355 e. The normalized spacial score (nSPS) is 16.5. The van der Waals surface area contributed by atoms with Gasteiger partial charge in [0.05, 0.1) is 11.1 Å². The number of H-pyrrole nitrogens is 3. The average molecular weight is 489 g/mol. The number of aromatic amines is 3. The quantitative estimate of drug-likeness (QED) is 0.306. The van der Waals surface area contributed by atoms with Gasteiger partial charge < -0.3 is 20.3 Å². The lowest BCUT2D eigenvalue weighted by atomic mass is 9.86. The fraction of sp³-hybridized carbons (Fsp3) is 0.219. The zero-order chi connectivity index (χ0) is 26.1. The van der Waals surface area contributed by atoms with E-state index in [2.05, 4.69) is 90.4 Å². The van der Waals surface area contributed by atoms with Crippen molar-refractivity contribution >= 4 is 29.1 Å². The van der Waals surface area contributed by atoms with Crippen molar-refractivity contribution in [2.45, 2.75) is 41.5 Å². The molecule has 5 nitrogen and oxygen atoms in total. The van der Waals surface area contributed by atoms with Gasteiger partial charge >= 0.3 is 0 Å². The zero-order valence-electron chi connectivity index (χ0n) is 22.2. The highest BCUT2D eigenvalue weighted by molar-refractivity contribution is 6.08. The van der Waals surface area contributed by atoms with Crippen molar-refractivity contribution in [1.82, 2.24) is 20.3 Å². The number of ketones is 1. The maximum absolute atomic E-state index is 13.4. The first-order valence-electron chi connectivity index (χ1n) is 12.7. The Balaban J connectivity index is 1.69. The molecule has 4 aromatic rings. The number of rotatable bonds is 1. The van der Waals surface area contributed by atoms with Gasteiger partial charge in [-0.25, -0.2) is 0 Å². The number of fused-ring (bicyclic) bond motifs is 8. The molecule has 0 aliphatic carbocycles. The minimum atomic E-state index is -0.638. The molecule has 2 aliphatic heterocycles. The number of aromatic nitrogens is 3. The third kappa shape index (κ3) is 3.73. The van der Waals surface area contributed by atoms with Gasteiger partial charge in [-0.05, 0) is 112 Å². The molecule has 3 aromatic heterocycles. The topological polar surface area (TPSA) is 76.5 Å². The van der Waals surface area contributed by atoms with Crippen LogP contribution in [0.15, 0.2) is 59.9 Å². The minimum absolute atomic E-state index is 0.0803. The summed E-state index contributed by atoms with van der Waals surface area (Å²) in [4.78, 5) is 24.2. The van der Waals surface area contributed by atoms with E-state index in [4.69, 9.17) is 0 Å². The van der Waals surface area contributed by atoms with Crippen LogP contribution in [0, 0.1) is 26.2 Å². The van der Waals surface area contributed by atoms with Gasteiger partial charge in [0.25, 0.3) is 0 Å². The number of allylic oxidation sites excluding steroid dienone is 2. The van der Waals surface area contributed by atoms with E-state index in [1.54, 1.807) is 0 Å². The van der Waals surface area contributed by atoms with Gasteiger partial charge in [-0.2, -0.15) is 0 Å². The fourth-order valence-corrected chi connectivity index (χ4v) is 5.70. The SMILES string of the molecule is CC1=c2ccc([nH]2)=C(c2c(C)cc(C)cc2C)c2ccc([nH]2)C=C2NC(=Cc3ccc1[nH]3)C(C)(C)C2=O. The van der Waals surface area contributed by atoms with Crippen LogP contribution in [0.1, 0.15) is 65.8 Å². The molecule has 0 spiro atoms. The average Bonchev–Trinajstić information content (AvgIpc) is 3.62. The third-order valence-corrected chi connectivity index (χ3v) is 7.73. The fourth-order valence-electron chi connectivity index (χ4n) is 5.70. The number of carbonyl (C=O) groups excluding carboxylic acids is 1. The maximum Gasteiger partial charge on any atom is 0.190 e. The predicted octanol–water partition coefficient (Wildman–Crippen LogP) is 4.96. The highest BCUT2D eigenvalue weighted by Crippen LogP contribution is 2.37. The van der Waals surface area contributed by atoms with E-state index < -0.39 is 5.41 Å². The number of hydrogen-bond acceptors (Lipinski definition) is 2. The van der Waals surface area contributed by atoms with Crippen LogP contribution in [0.4, 0.5) is 0 Å². The lowest BCUT2D eigenvalue weighted by Gasteiger charge is -2.15. The number of carbonyl (C=O) groups is 1. The van der Waals surface area contributed by atoms with Gasteiger partial charge in [0.1, 0.15) is 0 Å². The first-order chi connectivity index (χ1) is 17.6. The molecule has 2 aliphatic rings.